The Kier molecular flexibility index (Phi) is 5.21. The molecule has 1 aromatic rings. The van der Waals surface area contributed by atoms with Gasteiger partial charge in [0.1, 0.15) is 0 Å². The molecular formula is C13H17ClN2O4S. The van der Waals surface area contributed by atoms with E-state index in [1.165, 1.54) is 18.2 Å². The van der Waals surface area contributed by atoms with Crippen LogP contribution in [0, 0.1) is 5.92 Å². The van der Waals surface area contributed by atoms with Crippen molar-refractivity contribution >= 4 is 27.5 Å². The fourth-order valence-electron chi connectivity index (χ4n) is 2.14. The van der Waals surface area contributed by atoms with Crippen LogP contribution >= 0.6 is 11.6 Å². The highest BCUT2D eigenvalue weighted by molar-refractivity contribution is 7.89. The highest BCUT2D eigenvalue weighted by Gasteiger charge is 2.18. The Hall–Kier alpha value is -1.15. The molecule has 116 valence electrons. The maximum atomic E-state index is 12.1. The number of hydrogen-bond acceptors (Lipinski definition) is 4. The van der Waals surface area contributed by atoms with Crippen molar-refractivity contribution in [3.05, 3.63) is 28.8 Å². The van der Waals surface area contributed by atoms with E-state index in [2.05, 4.69) is 5.32 Å². The average Bonchev–Trinajstić information content (AvgIpc) is 2.45. The topological polar surface area (TPSA) is 98.5 Å². The first-order chi connectivity index (χ1) is 9.88. The molecule has 2 rings (SSSR count). The number of primary sulfonamides is 1. The van der Waals surface area contributed by atoms with Crippen molar-refractivity contribution in [1.29, 1.82) is 0 Å². The molecule has 1 aliphatic heterocycles. The molecule has 21 heavy (non-hydrogen) atoms. The van der Waals surface area contributed by atoms with Crippen LogP contribution in [0.1, 0.15) is 23.2 Å². The highest BCUT2D eigenvalue weighted by atomic mass is 35.5. The lowest BCUT2D eigenvalue weighted by molar-refractivity contribution is 0.0642. The quantitative estimate of drug-likeness (QED) is 0.863. The van der Waals surface area contributed by atoms with Crippen LogP contribution in [0.15, 0.2) is 23.1 Å². The predicted molar refractivity (Wildman–Crippen MR) is 78.7 cm³/mol. The minimum Gasteiger partial charge on any atom is -0.381 e. The summed E-state index contributed by atoms with van der Waals surface area (Å²) < 4.78 is 27.9. The fourth-order valence-corrected chi connectivity index (χ4v) is 2.88. The van der Waals surface area contributed by atoms with E-state index in [0.717, 1.165) is 12.8 Å². The Morgan fingerprint density at radius 2 is 2.05 bits per heavy atom. The van der Waals surface area contributed by atoms with Gasteiger partial charge < -0.3 is 10.1 Å². The maximum Gasteiger partial charge on any atom is 0.252 e. The molecule has 0 atom stereocenters. The Morgan fingerprint density at radius 1 is 1.38 bits per heavy atom. The van der Waals surface area contributed by atoms with Gasteiger partial charge in [0.15, 0.2) is 0 Å². The van der Waals surface area contributed by atoms with Gasteiger partial charge in [-0.3, -0.25) is 4.79 Å². The second-order valence-corrected chi connectivity index (χ2v) is 6.92. The molecule has 3 N–H and O–H groups in total. The van der Waals surface area contributed by atoms with Gasteiger partial charge in [0.2, 0.25) is 10.0 Å². The van der Waals surface area contributed by atoms with Gasteiger partial charge in [0.25, 0.3) is 5.91 Å². The van der Waals surface area contributed by atoms with Crippen LogP contribution < -0.4 is 10.5 Å². The van der Waals surface area contributed by atoms with Gasteiger partial charge in [-0.15, -0.1) is 0 Å². The zero-order valence-electron chi connectivity index (χ0n) is 11.3. The standard InChI is InChI=1S/C13H17ClN2O4S/c14-12-2-1-10(21(15,18)19)7-11(12)13(17)16-8-9-3-5-20-6-4-9/h1-2,7,9H,3-6,8H2,(H,16,17)(H2,15,18,19). The number of halogens is 1. The number of rotatable bonds is 4. The molecule has 1 aromatic carbocycles. The van der Waals surface area contributed by atoms with E-state index in [0.29, 0.717) is 25.7 Å². The monoisotopic (exact) mass is 332 g/mol. The summed E-state index contributed by atoms with van der Waals surface area (Å²) in [4.78, 5) is 12.0. The summed E-state index contributed by atoms with van der Waals surface area (Å²) in [6, 6.07) is 3.81. The van der Waals surface area contributed by atoms with Crippen LogP contribution in [0.3, 0.4) is 0 Å². The number of hydrogen-bond donors (Lipinski definition) is 2. The molecule has 8 heteroatoms. The van der Waals surface area contributed by atoms with E-state index < -0.39 is 15.9 Å². The van der Waals surface area contributed by atoms with Crippen LogP contribution in [-0.2, 0) is 14.8 Å². The number of sulfonamides is 1. The SMILES string of the molecule is NS(=O)(=O)c1ccc(Cl)c(C(=O)NCC2CCOCC2)c1. The third-order valence-corrected chi connectivity index (χ3v) is 4.64. The van der Waals surface area contributed by atoms with Crippen LogP contribution in [-0.4, -0.2) is 34.1 Å². The van der Waals surface area contributed by atoms with Gasteiger partial charge in [0.05, 0.1) is 15.5 Å². The summed E-state index contributed by atoms with van der Waals surface area (Å²) in [7, 11) is -3.87. The molecule has 1 fully saturated rings. The molecule has 0 bridgehead atoms. The number of amides is 1. The Labute approximate surface area is 128 Å². The summed E-state index contributed by atoms with van der Waals surface area (Å²) >= 11 is 5.95. The van der Waals surface area contributed by atoms with Crippen molar-refractivity contribution in [1.82, 2.24) is 5.32 Å². The van der Waals surface area contributed by atoms with E-state index in [1.807, 2.05) is 0 Å². The molecule has 6 nitrogen and oxygen atoms in total. The Bertz CT molecular complexity index is 627. The van der Waals surface area contributed by atoms with Gasteiger partial charge >= 0.3 is 0 Å². The molecule has 1 aliphatic rings. The number of nitrogens with two attached hydrogens (primary N) is 1. The van der Waals surface area contributed by atoms with Crippen LogP contribution in [0.5, 0.6) is 0 Å². The number of carbonyl (C=O) groups excluding carboxylic acids is 1. The van der Waals surface area contributed by atoms with Crippen molar-refractivity contribution in [2.24, 2.45) is 11.1 Å². The molecule has 0 radical (unpaired) electrons. The second kappa shape index (κ2) is 6.74. The smallest absolute Gasteiger partial charge is 0.252 e. The predicted octanol–water partition coefficient (Wildman–Crippen LogP) is 1.14. The van der Waals surface area contributed by atoms with E-state index in [1.54, 1.807) is 0 Å². The summed E-state index contributed by atoms with van der Waals surface area (Å²) in [5.74, 6) is -0.0418. The third-order valence-electron chi connectivity index (χ3n) is 3.40. The van der Waals surface area contributed by atoms with Gasteiger partial charge in [0, 0.05) is 19.8 Å². The van der Waals surface area contributed by atoms with Crippen molar-refractivity contribution in [3.63, 3.8) is 0 Å². The maximum absolute atomic E-state index is 12.1. The molecule has 0 aromatic heterocycles. The Morgan fingerprint density at radius 3 is 2.67 bits per heavy atom. The van der Waals surface area contributed by atoms with Gasteiger partial charge in [-0.05, 0) is 37.0 Å². The second-order valence-electron chi connectivity index (χ2n) is 4.95. The lowest BCUT2D eigenvalue weighted by Crippen LogP contribution is -2.32. The molecular weight excluding hydrogens is 316 g/mol. The number of ether oxygens (including phenoxy) is 1. The largest absolute Gasteiger partial charge is 0.381 e. The Balaban J connectivity index is 2.07. The van der Waals surface area contributed by atoms with Crippen LogP contribution in [0.2, 0.25) is 5.02 Å². The molecule has 0 aliphatic carbocycles. The number of carbonyl (C=O) groups is 1. The molecule has 1 heterocycles. The van der Waals surface area contributed by atoms with Gasteiger partial charge in [-0.2, -0.15) is 0 Å². The fraction of sp³-hybridized carbons (Fsp3) is 0.462. The van der Waals surface area contributed by atoms with Gasteiger partial charge in [-0.25, -0.2) is 13.6 Å². The lowest BCUT2D eigenvalue weighted by atomic mass is 10.0. The summed E-state index contributed by atoms with van der Waals surface area (Å²) in [5.41, 5.74) is 0.107. The zero-order chi connectivity index (χ0) is 15.5. The first-order valence-electron chi connectivity index (χ1n) is 6.56. The summed E-state index contributed by atoms with van der Waals surface area (Å²) in [6.45, 7) is 1.91. The first kappa shape index (κ1) is 16.2. The molecule has 1 saturated heterocycles. The van der Waals surface area contributed by atoms with Crippen molar-refractivity contribution in [2.75, 3.05) is 19.8 Å². The minimum absolute atomic E-state index is 0.107. The van der Waals surface area contributed by atoms with E-state index in [4.69, 9.17) is 21.5 Å². The van der Waals surface area contributed by atoms with Crippen molar-refractivity contribution in [2.45, 2.75) is 17.7 Å². The van der Waals surface area contributed by atoms with Gasteiger partial charge in [-0.1, -0.05) is 11.6 Å². The molecule has 0 saturated carbocycles. The van der Waals surface area contributed by atoms with Crippen molar-refractivity contribution in [3.8, 4) is 0 Å². The van der Waals surface area contributed by atoms with Crippen molar-refractivity contribution < 1.29 is 17.9 Å². The third kappa shape index (κ3) is 4.41. The summed E-state index contributed by atoms with van der Waals surface area (Å²) in [5, 5.41) is 8.01. The highest BCUT2D eigenvalue weighted by Crippen LogP contribution is 2.20. The zero-order valence-corrected chi connectivity index (χ0v) is 12.9. The average molecular weight is 333 g/mol. The molecule has 0 unspecified atom stereocenters. The lowest BCUT2D eigenvalue weighted by Gasteiger charge is -2.22. The number of nitrogens with one attached hydrogen (secondary N) is 1. The summed E-state index contributed by atoms with van der Waals surface area (Å²) in [6.07, 6.45) is 1.79. The number of benzene rings is 1. The van der Waals surface area contributed by atoms with E-state index in [-0.39, 0.29) is 15.5 Å². The normalized spacial score (nSPS) is 16.7. The first-order valence-corrected chi connectivity index (χ1v) is 8.48. The minimum atomic E-state index is -3.87. The van der Waals surface area contributed by atoms with E-state index >= 15 is 0 Å². The van der Waals surface area contributed by atoms with Crippen LogP contribution in [0.4, 0.5) is 0 Å². The van der Waals surface area contributed by atoms with E-state index in [9.17, 15) is 13.2 Å². The molecule has 1 amide bonds. The van der Waals surface area contributed by atoms with Crippen LogP contribution in [0.25, 0.3) is 0 Å². The molecule has 0 spiro atoms.